The summed E-state index contributed by atoms with van der Waals surface area (Å²) >= 11 is 6.23. The Balaban J connectivity index is 2.40. The zero-order valence-corrected chi connectivity index (χ0v) is 13.9. The Labute approximate surface area is 137 Å². The van der Waals surface area contributed by atoms with Crippen LogP contribution in [0.4, 0.5) is 0 Å². The molecule has 2 aromatic rings. The van der Waals surface area contributed by atoms with Crippen molar-refractivity contribution in [3.05, 3.63) is 64.2 Å². The number of hydrogen-bond donors (Lipinski definition) is 0. The summed E-state index contributed by atoms with van der Waals surface area (Å²) in [5, 5.41) is 10.3. The van der Waals surface area contributed by atoms with Gasteiger partial charge in [-0.25, -0.2) is 0 Å². The van der Waals surface area contributed by atoms with Crippen LogP contribution in [0, 0.1) is 11.3 Å². The number of nitriles is 1. The molecule has 0 amide bonds. The summed E-state index contributed by atoms with van der Waals surface area (Å²) in [5.41, 5.74) is 3.11. The van der Waals surface area contributed by atoms with Crippen molar-refractivity contribution in [2.75, 3.05) is 7.11 Å². The largest absolute Gasteiger partial charge is 0.496 e. The Morgan fingerprint density at radius 3 is 2.50 bits per heavy atom. The van der Waals surface area contributed by atoms with Crippen molar-refractivity contribution in [3.63, 3.8) is 0 Å². The Bertz CT molecular complexity index is 688. The average Bonchev–Trinajstić information content (AvgIpc) is 2.53. The van der Waals surface area contributed by atoms with E-state index < -0.39 is 0 Å². The summed E-state index contributed by atoms with van der Waals surface area (Å²) in [6.07, 6.45) is 0.577. The smallest absolute Gasteiger partial charge is 0.123 e. The molecule has 1 unspecified atom stereocenters. The van der Waals surface area contributed by atoms with Gasteiger partial charge in [-0.2, -0.15) is 5.26 Å². The van der Waals surface area contributed by atoms with E-state index >= 15 is 0 Å². The van der Waals surface area contributed by atoms with Crippen molar-refractivity contribution < 1.29 is 4.74 Å². The molecule has 0 aliphatic carbocycles. The van der Waals surface area contributed by atoms with E-state index in [0.29, 0.717) is 17.4 Å². The molecule has 3 heteroatoms. The van der Waals surface area contributed by atoms with Crippen LogP contribution in [0.25, 0.3) is 0 Å². The van der Waals surface area contributed by atoms with Crippen molar-refractivity contribution in [2.45, 2.75) is 32.1 Å². The molecule has 0 saturated heterocycles. The lowest BCUT2D eigenvalue weighted by Crippen LogP contribution is -2.05. The van der Waals surface area contributed by atoms with E-state index in [-0.39, 0.29) is 5.92 Å². The molecule has 0 aromatic heterocycles. The first-order valence-corrected chi connectivity index (χ1v) is 7.75. The molecular weight excluding hydrogens is 294 g/mol. The van der Waals surface area contributed by atoms with Crippen LogP contribution in [0.1, 0.15) is 42.4 Å². The number of nitrogens with zero attached hydrogens (tertiary/aromatic N) is 1. The summed E-state index contributed by atoms with van der Waals surface area (Å²) in [7, 11) is 1.64. The topological polar surface area (TPSA) is 33.0 Å². The molecule has 0 radical (unpaired) electrons. The van der Waals surface area contributed by atoms with Crippen LogP contribution < -0.4 is 4.74 Å². The molecule has 0 N–H and O–H groups in total. The van der Waals surface area contributed by atoms with Gasteiger partial charge in [0, 0.05) is 10.6 Å². The first-order valence-electron chi connectivity index (χ1n) is 7.37. The van der Waals surface area contributed by atoms with Crippen molar-refractivity contribution in [1.29, 1.82) is 5.26 Å². The van der Waals surface area contributed by atoms with E-state index in [2.05, 4.69) is 32.0 Å². The fourth-order valence-electron chi connectivity index (χ4n) is 2.49. The molecule has 2 nitrogen and oxygen atoms in total. The predicted octanol–water partition coefficient (Wildman–Crippen LogP) is 5.32. The van der Waals surface area contributed by atoms with E-state index in [9.17, 15) is 5.26 Å². The molecule has 0 aliphatic rings. The van der Waals surface area contributed by atoms with Gasteiger partial charge >= 0.3 is 0 Å². The van der Waals surface area contributed by atoms with Crippen molar-refractivity contribution in [3.8, 4) is 11.8 Å². The van der Waals surface area contributed by atoms with E-state index in [4.69, 9.17) is 16.3 Å². The van der Waals surface area contributed by atoms with Crippen LogP contribution in [0.3, 0.4) is 0 Å². The SMILES string of the molecule is COc1ccc(C(C)C)cc1C(C#N)Cc1ccccc1Cl. The molecule has 22 heavy (non-hydrogen) atoms. The van der Waals surface area contributed by atoms with E-state index in [1.807, 2.05) is 30.3 Å². The number of hydrogen-bond acceptors (Lipinski definition) is 2. The molecule has 2 aromatic carbocycles. The van der Waals surface area contributed by atoms with Crippen LogP contribution >= 0.6 is 11.6 Å². The van der Waals surface area contributed by atoms with Crippen LogP contribution in [-0.2, 0) is 6.42 Å². The highest BCUT2D eigenvalue weighted by Crippen LogP contribution is 2.33. The van der Waals surface area contributed by atoms with Crippen molar-refractivity contribution in [2.24, 2.45) is 0 Å². The maximum absolute atomic E-state index is 9.63. The van der Waals surface area contributed by atoms with Crippen LogP contribution in [0.5, 0.6) is 5.75 Å². The molecule has 0 aliphatic heterocycles. The Morgan fingerprint density at radius 1 is 1.18 bits per heavy atom. The lowest BCUT2D eigenvalue weighted by molar-refractivity contribution is 0.407. The Morgan fingerprint density at radius 2 is 1.91 bits per heavy atom. The quantitative estimate of drug-likeness (QED) is 0.748. The number of halogens is 1. The van der Waals surface area contributed by atoms with Gasteiger partial charge in [0.05, 0.1) is 19.1 Å². The number of benzene rings is 2. The van der Waals surface area contributed by atoms with Gasteiger partial charge in [0.25, 0.3) is 0 Å². The predicted molar refractivity (Wildman–Crippen MR) is 90.6 cm³/mol. The zero-order chi connectivity index (χ0) is 16.1. The van der Waals surface area contributed by atoms with Gasteiger partial charge < -0.3 is 4.74 Å². The fourth-order valence-corrected chi connectivity index (χ4v) is 2.71. The lowest BCUT2D eigenvalue weighted by Gasteiger charge is -2.17. The van der Waals surface area contributed by atoms with E-state index in [1.54, 1.807) is 7.11 Å². The molecule has 2 rings (SSSR count). The highest BCUT2D eigenvalue weighted by atomic mass is 35.5. The van der Waals surface area contributed by atoms with E-state index in [1.165, 1.54) is 5.56 Å². The van der Waals surface area contributed by atoms with Gasteiger partial charge in [-0.05, 0) is 35.6 Å². The van der Waals surface area contributed by atoms with Crippen LogP contribution in [-0.4, -0.2) is 7.11 Å². The first kappa shape index (κ1) is 16.4. The Kier molecular flexibility index (Phi) is 5.46. The molecule has 114 valence electrons. The monoisotopic (exact) mass is 313 g/mol. The molecule has 0 fully saturated rings. The maximum Gasteiger partial charge on any atom is 0.123 e. The third kappa shape index (κ3) is 3.61. The van der Waals surface area contributed by atoms with Gasteiger partial charge in [-0.3, -0.25) is 0 Å². The molecular formula is C19H20ClNO. The summed E-state index contributed by atoms with van der Waals surface area (Å²) in [6, 6.07) is 16.1. The first-order chi connectivity index (χ1) is 10.6. The molecule has 0 heterocycles. The highest BCUT2D eigenvalue weighted by Gasteiger charge is 2.19. The number of ether oxygens (including phenoxy) is 1. The van der Waals surface area contributed by atoms with Gasteiger partial charge in [-0.15, -0.1) is 0 Å². The van der Waals surface area contributed by atoms with Crippen molar-refractivity contribution in [1.82, 2.24) is 0 Å². The third-order valence-electron chi connectivity index (χ3n) is 3.83. The van der Waals surface area contributed by atoms with Gasteiger partial charge in [0.1, 0.15) is 5.75 Å². The maximum atomic E-state index is 9.63. The number of rotatable bonds is 5. The second-order valence-electron chi connectivity index (χ2n) is 5.63. The van der Waals surface area contributed by atoms with Gasteiger partial charge in [-0.1, -0.05) is 55.8 Å². The summed E-state index contributed by atoms with van der Waals surface area (Å²) in [6.45, 7) is 4.28. The van der Waals surface area contributed by atoms with Crippen LogP contribution in [0.2, 0.25) is 5.02 Å². The second-order valence-corrected chi connectivity index (χ2v) is 6.04. The van der Waals surface area contributed by atoms with Gasteiger partial charge in [0.15, 0.2) is 0 Å². The molecule has 1 atom stereocenters. The minimum absolute atomic E-state index is 0.284. The van der Waals surface area contributed by atoms with Crippen LogP contribution in [0.15, 0.2) is 42.5 Å². The zero-order valence-electron chi connectivity index (χ0n) is 13.1. The van der Waals surface area contributed by atoms with E-state index in [0.717, 1.165) is 16.9 Å². The Hall–Kier alpha value is -1.98. The average molecular weight is 314 g/mol. The number of methoxy groups -OCH3 is 1. The summed E-state index contributed by atoms with van der Waals surface area (Å²) in [4.78, 5) is 0. The minimum Gasteiger partial charge on any atom is -0.496 e. The molecule has 0 spiro atoms. The molecule has 0 saturated carbocycles. The van der Waals surface area contributed by atoms with Gasteiger partial charge in [0.2, 0.25) is 0 Å². The normalized spacial score (nSPS) is 12.0. The highest BCUT2D eigenvalue weighted by molar-refractivity contribution is 6.31. The third-order valence-corrected chi connectivity index (χ3v) is 4.20. The second kappa shape index (κ2) is 7.33. The fraction of sp³-hybridized carbons (Fsp3) is 0.316. The standard InChI is InChI=1S/C19H20ClNO/c1-13(2)14-8-9-19(22-3)17(11-14)16(12-21)10-15-6-4-5-7-18(15)20/h4-9,11,13,16H,10H2,1-3H3. The molecule has 0 bridgehead atoms. The summed E-state index contributed by atoms with van der Waals surface area (Å²) < 4.78 is 5.45. The van der Waals surface area contributed by atoms with Crippen molar-refractivity contribution >= 4 is 11.6 Å². The lowest BCUT2D eigenvalue weighted by atomic mass is 9.89. The summed E-state index contributed by atoms with van der Waals surface area (Å²) in [5.74, 6) is 0.876. The minimum atomic E-state index is -0.284.